The average Bonchev–Trinajstić information content (AvgIpc) is 2.62. The number of nitro groups is 2. The normalized spacial score (nSPS) is 11.3. The fourth-order valence-corrected chi connectivity index (χ4v) is 2.26. The van der Waals surface area contributed by atoms with Crippen LogP contribution in [0, 0.1) is 20.2 Å². The molecule has 0 heterocycles. The molecule has 0 saturated heterocycles. The number of ether oxygens (including phenoxy) is 1. The van der Waals surface area contributed by atoms with Gasteiger partial charge in [-0.1, -0.05) is 30.3 Å². The minimum absolute atomic E-state index is 0.0332. The Morgan fingerprint density at radius 1 is 1.00 bits per heavy atom. The number of para-hydroxylation sites is 3. The molecule has 0 aliphatic rings. The van der Waals surface area contributed by atoms with Gasteiger partial charge in [-0.15, -0.1) is 0 Å². The molecule has 0 aliphatic carbocycles. The van der Waals surface area contributed by atoms with Gasteiger partial charge in [-0.3, -0.25) is 29.8 Å². The van der Waals surface area contributed by atoms with E-state index in [-0.39, 0.29) is 29.0 Å². The maximum absolute atomic E-state index is 12.1. The number of rotatable bonds is 7. The zero-order valence-electron chi connectivity index (χ0n) is 14.2. The van der Waals surface area contributed by atoms with Crippen molar-refractivity contribution in [3.63, 3.8) is 0 Å². The van der Waals surface area contributed by atoms with Crippen molar-refractivity contribution in [2.45, 2.75) is 19.4 Å². The van der Waals surface area contributed by atoms with E-state index < -0.39 is 27.8 Å². The first-order valence-electron chi connectivity index (χ1n) is 7.75. The molecule has 2 aromatic carbocycles. The van der Waals surface area contributed by atoms with E-state index in [1.807, 2.05) is 0 Å². The van der Waals surface area contributed by atoms with Gasteiger partial charge in [-0.2, -0.15) is 0 Å². The van der Waals surface area contributed by atoms with E-state index in [1.54, 1.807) is 6.07 Å². The lowest BCUT2D eigenvalue weighted by Gasteiger charge is -2.13. The topological polar surface area (TPSA) is 142 Å². The molecule has 140 valence electrons. The molecule has 10 nitrogen and oxygen atoms in total. The summed E-state index contributed by atoms with van der Waals surface area (Å²) in [7, 11) is 0. The molecular formula is C17H15N3O7. The summed E-state index contributed by atoms with van der Waals surface area (Å²) in [4.78, 5) is 44.8. The Morgan fingerprint density at radius 3 is 2.19 bits per heavy atom. The Balaban J connectivity index is 2.02. The lowest BCUT2D eigenvalue weighted by molar-refractivity contribution is -0.385. The predicted molar refractivity (Wildman–Crippen MR) is 94.1 cm³/mol. The van der Waals surface area contributed by atoms with E-state index in [9.17, 15) is 29.8 Å². The Hall–Kier alpha value is -3.82. The van der Waals surface area contributed by atoms with Crippen LogP contribution in [0.25, 0.3) is 0 Å². The van der Waals surface area contributed by atoms with Crippen LogP contribution in [0.4, 0.5) is 17.1 Å². The summed E-state index contributed by atoms with van der Waals surface area (Å²) in [5.41, 5.74) is -0.413. The first-order chi connectivity index (χ1) is 12.8. The Labute approximate surface area is 153 Å². The molecule has 10 heteroatoms. The first-order valence-corrected chi connectivity index (χ1v) is 7.75. The molecule has 0 aliphatic heterocycles. The highest BCUT2D eigenvalue weighted by atomic mass is 16.6. The summed E-state index contributed by atoms with van der Waals surface area (Å²) in [6.07, 6.45) is -1.64. The third-order valence-corrected chi connectivity index (χ3v) is 3.56. The third-order valence-electron chi connectivity index (χ3n) is 3.56. The van der Waals surface area contributed by atoms with E-state index in [0.717, 1.165) is 0 Å². The van der Waals surface area contributed by atoms with Gasteiger partial charge in [0.2, 0.25) is 0 Å². The van der Waals surface area contributed by atoms with E-state index in [0.29, 0.717) is 0 Å². The summed E-state index contributed by atoms with van der Waals surface area (Å²) >= 11 is 0. The molecule has 0 aromatic heterocycles. The first kappa shape index (κ1) is 19.5. The smallest absolute Gasteiger partial charge is 0.311 e. The quantitative estimate of drug-likeness (QED) is 0.446. The molecule has 1 atom stereocenters. The van der Waals surface area contributed by atoms with E-state index in [4.69, 9.17) is 4.74 Å². The third kappa shape index (κ3) is 5.08. The highest BCUT2D eigenvalue weighted by Gasteiger charge is 2.23. The van der Waals surface area contributed by atoms with E-state index in [2.05, 4.69) is 5.32 Å². The lowest BCUT2D eigenvalue weighted by Crippen LogP contribution is -2.30. The molecule has 0 fully saturated rings. The van der Waals surface area contributed by atoms with Gasteiger partial charge in [-0.05, 0) is 13.0 Å². The fourth-order valence-electron chi connectivity index (χ4n) is 2.26. The molecule has 2 rings (SSSR count). The van der Waals surface area contributed by atoms with Crippen LogP contribution in [0.2, 0.25) is 0 Å². The van der Waals surface area contributed by atoms with Gasteiger partial charge in [0.1, 0.15) is 5.69 Å². The number of amides is 1. The van der Waals surface area contributed by atoms with Crippen molar-refractivity contribution in [3.05, 3.63) is 74.3 Å². The monoisotopic (exact) mass is 373 g/mol. The Morgan fingerprint density at radius 2 is 1.56 bits per heavy atom. The Kier molecular flexibility index (Phi) is 6.15. The second-order valence-electron chi connectivity index (χ2n) is 5.46. The molecule has 0 spiro atoms. The molecular weight excluding hydrogens is 358 g/mol. The zero-order valence-corrected chi connectivity index (χ0v) is 14.2. The van der Waals surface area contributed by atoms with Gasteiger partial charge in [0, 0.05) is 17.7 Å². The maximum atomic E-state index is 12.1. The van der Waals surface area contributed by atoms with Crippen molar-refractivity contribution in [3.8, 4) is 0 Å². The molecule has 0 saturated carbocycles. The van der Waals surface area contributed by atoms with Gasteiger partial charge in [0.05, 0.1) is 16.3 Å². The highest BCUT2D eigenvalue weighted by Crippen LogP contribution is 2.23. The van der Waals surface area contributed by atoms with Crippen LogP contribution in [-0.4, -0.2) is 27.8 Å². The van der Waals surface area contributed by atoms with Crippen molar-refractivity contribution in [1.29, 1.82) is 0 Å². The molecule has 1 amide bonds. The fraction of sp³-hybridized carbons (Fsp3) is 0.176. The minimum atomic E-state index is -1.25. The number of nitro benzene ring substituents is 2. The van der Waals surface area contributed by atoms with Crippen LogP contribution < -0.4 is 5.32 Å². The SMILES string of the molecule is C[C@@H](OC(=O)Cc1ccccc1[N+](=O)[O-])C(=O)Nc1ccccc1[N+](=O)[O-]. The Bertz CT molecular complexity index is 898. The van der Waals surface area contributed by atoms with Crippen LogP contribution in [0.3, 0.4) is 0 Å². The van der Waals surface area contributed by atoms with E-state index in [1.165, 1.54) is 49.4 Å². The summed E-state index contributed by atoms with van der Waals surface area (Å²) < 4.78 is 4.98. The van der Waals surface area contributed by atoms with Gasteiger partial charge in [0.25, 0.3) is 17.3 Å². The van der Waals surface area contributed by atoms with Gasteiger partial charge in [0.15, 0.2) is 6.10 Å². The van der Waals surface area contributed by atoms with Gasteiger partial charge < -0.3 is 10.1 Å². The number of nitrogens with one attached hydrogen (secondary N) is 1. The zero-order chi connectivity index (χ0) is 20.0. The van der Waals surface area contributed by atoms with Gasteiger partial charge in [-0.25, -0.2) is 0 Å². The van der Waals surface area contributed by atoms with E-state index >= 15 is 0 Å². The molecule has 1 N–H and O–H groups in total. The number of esters is 1. The van der Waals surface area contributed by atoms with Crippen LogP contribution in [0.1, 0.15) is 12.5 Å². The van der Waals surface area contributed by atoms with Crippen LogP contribution in [0.5, 0.6) is 0 Å². The summed E-state index contributed by atoms with van der Waals surface area (Å²) in [6, 6.07) is 11.2. The van der Waals surface area contributed by atoms with Crippen molar-refractivity contribution in [2.24, 2.45) is 0 Å². The predicted octanol–water partition coefficient (Wildman–Crippen LogP) is 2.62. The second-order valence-corrected chi connectivity index (χ2v) is 5.46. The number of benzene rings is 2. The molecule has 2 aromatic rings. The molecule has 27 heavy (non-hydrogen) atoms. The van der Waals surface area contributed by atoms with Crippen LogP contribution in [-0.2, 0) is 20.7 Å². The average molecular weight is 373 g/mol. The summed E-state index contributed by atoms with van der Waals surface area (Å²) in [5, 5.41) is 24.2. The molecule has 0 unspecified atom stereocenters. The number of anilines is 1. The molecule has 0 bridgehead atoms. The number of nitrogens with zero attached hydrogens (tertiary/aromatic N) is 2. The number of carbonyl (C=O) groups is 2. The van der Waals surface area contributed by atoms with Crippen molar-refractivity contribution in [1.82, 2.24) is 0 Å². The minimum Gasteiger partial charge on any atom is -0.452 e. The summed E-state index contributed by atoms with van der Waals surface area (Å²) in [5.74, 6) is -1.60. The lowest BCUT2D eigenvalue weighted by atomic mass is 10.1. The van der Waals surface area contributed by atoms with Crippen molar-refractivity contribution < 1.29 is 24.2 Å². The second kappa shape index (κ2) is 8.52. The van der Waals surface area contributed by atoms with Crippen LogP contribution in [0.15, 0.2) is 48.5 Å². The van der Waals surface area contributed by atoms with Crippen molar-refractivity contribution >= 4 is 28.9 Å². The largest absolute Gasteiger partial charge is 0.452 e. The number of hydrogen-bond acceptors (Lipinski definition) is 7. The highest BCUT2D eigenvalue weighted by molar-refractivity contribution is 5.97. The van der Waals surface area contributed by atoms with Crippen LogP contribution >= 0.6 is 0 Å². The van der Waals surface area contributed by atoms with Gasteiger partial charge >= 0.3 is 5.97 Å². The summed E-state index contributed by atoms with van der Waals surface area (Å²) in [6.45, 7) is 1.29. The number of carbonyl (C=O) groups excluding carboxylic acids is 2. The standard InChI is InChI=1S/C17H15N3O7/c1-11(17(22)18-13-7-3-5-9-15(13)20(25)26)27-16(21)10-12-6-2-4-8-14(12)19(23)24/h2-9,11H,10H2,1H3,(H,18,22)/t11-/m1/s1. The number of hydrogen-bond donors (Lipinski definition) is 1. The van der Waals surface area contributed by atoms with Crippen molar-refractivity contribution in [2.75, 3.05) is 5.32 Å². The molecule has 0 radical (unpaired) electrons. The maximum Gasteiger partial charge on any atom is 0.311 e.